The quantitative estimate of drug-likeness (QED) is 0.802. The zero-order chi connectivity index (χ0) is 17.5. The lowest BCUT2D eigenvalue weighted by Crippen LogP contribution is -2.31. The molecular weight excluding hydrogens is 314 g/mol. The monoisotopic (exact) mass is 339 g/mol. The van der Waals surface area contributed by atoms with Gasteiger partial charge in [-0.3, -0.25) is 4.90 Å². The van der Waals surface area contributed by atoms with Gasteiger partial charge in [-0.2, -0.15) is 5.26 Å². The zero-order valence-corrected chi connectivity index (χ0v) is 14.8. The first kappa shape index (κ1) is 17.4. The Morgan fingerprint density at radius 3 is 2.72 bits per heavy atom. The highest BCUT2D eigenvalue weighted by molar-refractivity contribution is 5.49. The van der Waals surface area contributed by atoms with E-state index < -0.39 is 0 Å². The topological polar surface area (TPSA) is 73.9 Å². The molecular formula is C18H25N7. The van der Waals surface area contributed by atoms with Gasteiger partial charge >= 0.3 is 0 Å². The Labute approximate surface area is 148 Å². The van der Waals surface area contributed by atoms with Crippen LogP contribution in [0, 0.1) is 11.3 Å². The first-order valence-electron chi connectivity index (χ1n) is 9.02. The summed E-state index contributed by atoms with van der Waals surface area (Å²) in [6.07, 6.45) is 3.35. The minimum absolute atomic E-state index is 0.708. The Morgan fingerprint density at radius 2 is 1.96 bits per heavy atom. The number of nitriles is 1. The van der Waals surface area contributed by atoms with Gasteiger partial charge in [0.1, 0.15) is 0 Å². The van der Waals surface area contributed by atoms with Crippen LogP contribution in [0.1, 0.15) is 37.6 Å². The van der Waals surface area contributed by atoms with Gasteiger partial charge < -0.3 is 4.90 Å². The Bertz CT molecular complexity index is 701. The molecule has 0 amide bonds. The number of aryl methyl sites for hydroxylation is 1. The summed E-state index contributed by atoms with van der Waals surface area (Å²) in [7, 11) is 0. The van der Waals surface area contributed by atoms with E-state index in [1.54, 1.807) is 0 Å². The molecule has 1 fully saturated rings. The van der Waals surface area contributed by atoms with Crippen molar-refractivity contribution >= 4 is 5.69 Å². The van der Waals surface area contributed by atoms with Gasteiger partial charge in [0.2, 0.25) is 0 Å². The molecule has 0 saturated carbocycles. The van der Waals surface area contributed by atoms with Crippen LogP contribution in [-0.4, -0.2) is 51.3 Å². The maximum Gasteiger partial charge on any atom is 0.165 e. The van der Waals surface area contributed by atoms with E-state index in [1.807, 2.05) is 28.9 Å². The molecule has 1 aromatic heterocycles. The summed E-state index contributed by atoms with van der Waals surface area (Å²) in [5.41, 5.74) is 1.90. The second-order valence-corrected chi connectivity index (χ2v) is 6.45. The predicted molar refractivity (Wildman–Crippen MR) is 96.0 cm³/mol. The minimum atomic E-state index is 0.708. The van der Waals surface area contributed by atoms with Crippen molar-refractivity contribution < 1.29 is 0 Å². The van der Waals surface area contributed by atoms with Crippen molar-refractivity contribution in [2.45, 2.75) is 39.3 Å². The summed E-state index contributed by atoms with van der Waals surface area (Å²) in [6.45, 7) is 7.91. The maximum absolute atomic E-state index is 8.93. The van der Waals surface area contributed by atoms with E-state index in [0.717, 1.165) is 64.4 Å². The van der Waals surface area contributed by atoms with E-state index >= 15 is 0 Å². The molecule has 7 nitrogen and oxygen atoms in total. The van der Waals surface area contributed by atoms with E-state index in [1.165, 1.54) is 5.69 Å². The van der Waals surface area contributed by atoms with Crippen molar-refractivity contribution in [3.05, 3.63) is 35.7 Å². The van der Waals surface area contributed by atoms with Crippen molar-refractivity contribution in [3.63, 3.8) is 0 Å². The van der Waals surface area contributed by atoms with Crippen LogP contribution in [0.3, 0.4) is 0 Å². The second kappa shape index (κ2) is 8.58. The summed E-state index contributed by atoms with van der Waals surface area (Å²) in [5, 5.41) is 21.1. The van der Waals surface area contributed by atoms with Crippen LogP contribution >= 0.6 is 0 Å². The van der Waals surface area contributed by atoms with Gasteiger partial charge in [-0.05, 0) is 47.5 Å². The van der Waals surface area contributed by atoms with Crippen LogP contribution in [0.4, 0.5) is 5.69 Å². The van der Waals surface area contributed by atoms with Gasteiger partial charge in [0.25, 0.3) is 0 Å². The third-order valence-electron chi connectivity index (χ3n) is 4.64. The smallest absolute Gasteiger partial charge is 0.165 e. The van der Waals surface area contributed by atoms with Crippen molar-refractivity contribution in [3.8, 4) is 6.07 Å². The van der Waals surface area contributed by atoms with E-state index in [-0.39, 0.29) is 0 Å². The third-order valence-corrected chi connectivity index (χ3v) is 4.64. The lowest BCUT2D eigenvalue weighted by Gasteiger charge is -2.23. The number of rotatable bonds is 6. The molecule has 0 aliphatic carbocycles. The number of nitrogens with zero attached hydrogens (tertiary/aromatic N) is 7. The van der Waals surface area contributed by atoms with Crippen LogP contribution in [0.25, 0.3) is 0 Å². The predicted octanol–water partition coefficient (Wildman–Crippen LogP) is 2.06. The van der Waals surface area contributed by atoms with Gasteiger partial charge in [-0.15, -0.1) is 5.10 Å². The molecule has 1 aliphatic heterocycles. The lowest BCUT2D eigenvalue weighted by atomic mass is 10.2. The second-order valence-electron chi connectivity index (χ2n) is 6.45. The molecule has 2 aromatic rings. The number of aromatic nitrogens is 4. The molecule has 1 saturated heterocycles. The van der Waals surface area contributed by atoms with E-state index in [4.69, 9.17) is 5.26 Å². The molecule has 1 aliphatic rings. The fraction of sp³-hybridized carbons (Fsp3) is 0.556. The molecule has 0 unspecified atom stereocenters. The Morgan fingerprint density at radius 1 is 1.12 bits per heavy atom. The molecule has 0 spiro atoms. The van der Waals surface area contributed by atoms with Crippen molar-refractivity contribution in [2.24, 2.45) is 0 Å². The summed E-state index contributed by atoms with van der Waals surface area (Å²) in [4.78, 5) is 4.82. The van der Waals surface area contributed by atoms with Crippen molar-refractivity contribution in [1.82, 2.24) is 25.1 Å². The first-order chi connectivity index (χ1) is 12.3. The molecule has 0 atom stereocenters. The summed E-state index contributed by atoms with van der Waals surface area (Å²) in [5.74, 6) is 0.959. The third kappa shape index (κ3) is 4.54. The number of unbranched alkanes of at least 4 members (excludes halogenated alkanes) is 1. The summed E-state index contributed by atoms with van der Waals surface area (Å²) >= 11 is 0. The normalized spacial score (nSPS) is 15.8. The van der Waals surface area contributed by atoms with E-state index in [9.17, 15) is 0 Å². The first-order valence-corrected chi connectivity index (χ1v) is 9.02. The summed E-state index contributed by atoms with van der Waals surface area (Å²) < 4.78 is 1.94. The minimum Gasteiger partial charge on any atom is -0.370 e. The molecule has 25 heavy (non-hydrogen) atoms. The van der Waals surface area contributed by atoms with Gasteiger partial charge in [0.15, 0.2) is 5.82 Å². The van der Waals surface area contributed by atoms with E-state index in [0.29, 0.717) is 5.56 Å². The van der Waals surface area contributed by atoms with Gasteiger partial charge in [0, 0.05) is 38.4 Å². The zero-order valence-electron chi connectivity index (χ0n) is 14.8. The van der Waals surface area contributed by atoms with Crippen molar-refractivity contribution in [2.75, 3.05) is 31.1 Å². The average molecular weight is 339 g/mol. The fourth-order valence-electron chi connectivity index (χ4n) is 3.15. The molecule has 132 valence electrons. The van der Waals surface area contributed by atoms with Gasteiger partial charge in [0.05, 0.1) is 18.2 Å². The SMILES string of the molecule is CCCCn1nnnc1CN1CCCN(c2ccc(C#N)cc2)CC1. The Balaban J connectivity index is 1.58. The molecule has 0 radical (unpaired) electrons. The standard InChI is InChI=1S/C18H25N7/c1-2-3-11-25-18(20-21-22-25)15-23-9-4-10-24(13-12-23)17-7-5-16(14-19)6-8-17/h5-8H,2-4,9-13,15H2,1H3. The van der Waals surface area contributed by atoms with Crippen LogP contribution in [0.15, 0.2) is 24.3 Å². The largest absolute Gasteiger partial charge is 0.370 e. The highest BCUT2D eigenvalue weighted by Gasteiger charge is 2.17. The Hall–Kier alpha value is -2.46. The Kier molecular flexibility index (Phi) is 5.96. The number of benzene rings is 1. The lowest BCUT2D eigenvalue weighted by molar-refractivity contribution is 0.271. The van der Waals surface area contributed by atoms with Crippen LogP contribution in [0.2, 0.25) is 0 Å². The number of hydrogen-bond donors (Lipinski definition) is 0. The van der Waals surface area contributed by atoms with E-state index in [2.05, 4.69) is 38.3 Å². The molecule has 2 heterocycles. The maximum atomic E-state index is 8.93. The number of tetrazole rings is 1. The molecule has 3 rings (SSSR count). The van der Waals surface area contributed by atoms with Crippen LogP contribution in [-0.2, 0) is 13.1 Å². The van der Waals surface area contributed by atoms with Gasteiger partial charge in [-0.1, -0.05) is 13.3 Å². The highest BCUT2D eigenvalue weighted by Crippen LogP contribution is 2.18. The molecule has 7 heteroatoms. The van der Waals surface area contributed by atoms with Crippen LogP contribution < -0.4 is 4.90 Å². The average Bonchev–Trinajstić information content (AvgIpc) is 2.95. The summed E-state index contributed by atoms with van der Waals surface area (Å²) in [6, 6.07) is 10.0. The fourth-order valence-corrected chi connectivity index (χ4v) is 3.15. The number of anilines is 1. The molecule has 0 bridgehead atoms. The highest BCUT2D eigenvalue weighted by atomic mass is 15.5. The van der Waals surface area contributed by atoms with Crippen LogP contribution in [0.5, 0.6) is 0 Å². The van der Waals surface area contributed by atoms with Crippen molar-refractivity contribution in [1.29, 1.82) is 5.26 Å². The number of hydrogen-bond acceptors (Lipinski definition) is 6. The molecule has 0 N–H and O–H groups in total. The van der Waals surface area contributed by atoms with Gasteiger partial charge in [-0.25, -0.2) is 4.68 Å². The molecule has 1 aromatic carbocycles.